The Bertz CT molecular complexity index is 821. The lowest BCUT2D eigenvalue weighted by Gasteiger charge is -2.37. The molecule has 0 saturated carbocycles. The molecule has 2 aliphatic heterocycles. The van der Waals surface area contributed by atoms with Crippen LogP contribution in [0, 0.1) is 0 Å². The van der Waals surface area contributed by atoms with Gasteiger partial charge in [0.15, 0.2) is 0 Å². The van der Waals surface area contributed by atoms with E-state index in [1.165, 1.54) is 12.0 Å². The highest BCUT2D eigenvalue weighted by Gasteiger charge is 2.45. The van der Waals surface area contributed by atoms with Crippen molar-refractivity contribution in [3.63, 3.8) is 0 Å². The van der Waals surface area contributed by atoms with Crippen LogP contribution in [-0.4, -0.2) is 59.3 Å². The van der Waals surface area contributed by atoms with Gasteiger partial charge in [0.1, 0.15) is 17.8 Å². The Kier molecular flexibility index (Phi) is 5.77. The molecule has 0 aromatic heterocycles. The van der Waals surface area contributed by atoms with Crippen molar-refractivity contribution in [2.75, 3.05) is 12.0 Å². The molecule has 2 amide bonds. The average Bonchev–Trinajstić information content (AvgIpc) is 3.11. The maximum absolute atomic E-state index is 13.4. The Morgan fingerprint density at radius 1 is 1.25 bits per heavy atom. The quantitative estimate of drug-likeness (QED) is 0.466. The summed E-state index contributed by atoms with van der Waals surface area (Å²) in [7, 11) is 1.47. The molecule has 3 atom stereocenters. The van der Waals surface area contributed by atoms with Crippen LogP contribution >= 0.6 is 0 Å². The van der Waals surface area contributed by atoms with Crippen molar-refractivity contribution < 1.29 is 29.0 Å². The summed E-state index contributed by atoms with van der Waals surface area (Å²) >= 11 is 0. The number of aldehydes is 1. The molecule has 1 aromatic carbocycles. The lowest BCUT2D eigenvalue weighted by atomic mass is 10.0. The van der Waals surface area contributed by atoms with Crippen molar-refractivity contribution in [1.82, 2.24) is 4.90 Å². The Morgan fingerprint density at radius 2 is 2.00 bits per heavy atom. The molecule has 3 rings (SSSR count). The Balaban J connectivity index is 2.04. The number of carbonyl (C=O) groups excluding carboxylic acids is 3. The van der Waals surface area contributed by atoms with E-state index in [0.717, 1.165) is 4.90 Å². The first-order valence-electron chi connectivity index (χ1n) is 9.10. The second kappa shape index (κ2) is 8.24. The van der Waals surface area contributed by atoms with E-state index in [2.05, 4.69) is 0 Å². The zero-order chi connectivity index (χ0) is 20.3. The summed E-state index contributed by atoms with van der Waals surface area (Å²) in [6.45, 7) is 0. The van der Waals surface area contributed by atoms with E-state index in [-0.39, 0.29) is 18.7 Å². The van der Waals surface area contributed by atoms with E-state index in [9.17, 15) is 24.3 Å². The fraction of sp³-hybridized carbons (Fsp3) is 0.400. The topological polar surface area (TPSA) is 104 Å². The monoisotopic (exact) mass is 386 g/mol. The highest BCUT2D eigenvalue weighted by atomic mass is 16.5. The molecule has 8 nitrogen and oxygen atoms in total. The van der Waals surface area contributed by atoms with Gasteiger partial charge in [-0.2, -0.15) is 0 Å². The zero-order valence-corrected chi connectivity index (χ0v) is 15.5. The smallest absolute Gasteiger partial charge is 0.326 e. The summed E-state index contributed by atoms with van der Waals surface area (Å²) < 4.78 is 5.18. The van der Waals surface area contributed by atoms with Gasteiger partial charge in [-0.25, -0.2) is 4.79 Å². The number of carbonyl (C=O) groups is 4. The van der Waals surface area contributed by atoms with Crippen LogP contribution in [0.2, 0.25) is 0 Å². The number of rotatable bonds is 5. The number of nitrogens with zero attached hydrogens (tertiary/aromatic N) is 2. The lowest BCUT2D eigenvalue weighted by molar-refractivity contribution is -0.150. The molecule has 1 N–H and O–H groups in total. The van der Waals surface area contributed by atoms with Gasteiger partial charge < -0.3 is 14.7 Å². The van der Waals surface area contributed by atoms with Crippen molar-refractivity contribution in [2.24, 2.45) is 0 Å². The molecule has 148 valence electrons. The van der Waals surface area contributed by atoms with Gasteiger partial charge >= 0.3 is 5.97 Å². The Morgan fingerprint density at radius 3 is 2.68 bits per heavy atom. The van der Waals surface area contributed by atoms with Gasteiger partial charge in [0.2, 0.25) is 12.2 Å². The number of carboxylic acid groups (broad SMARTS) is 1. The molecule has 0 bridgehead atoms. The number of benzene rings is 1. The highest BCUT2D eigenvalue weighted by molar-refractivity contribution is 6.31. The predicted molar refractivity (Wildman–Crippen MR) is 100.0 cm³/mol. The van der Waals surface area contributed by atoms with Gasteiger partial charge in [-0.3, -0.25) is 19.3 Å². The van der Waals surface area contributed by atoms with Crippen LogP contribution in [0.15, 0.2) is 36.4 Å². The Hall–Kier alpha value is -3.16. The summed E-state index contributed by atoms with van der Waals surface area (Å²) in [5, 5.41) is 9.53. The molecule has 1 saturated heterocycles. The summed E-state index contributed by atoms with van der Waals surface area (Å²) in [6, 6.07) is 4.34. The fourth-order valence-electron chi connectivity index (χ4n) is 3.94. The molecule has 2 heterocycles. The van der Waals surface area contributed by atoms with Crippen LogP contribution < -0.4 is 9.64 Å². The molecule has 1 fully saturated rings. The first kappa shape index (κ1) is 19.6. The number of anilines is 1. The number of carboxylic acids is 1. The second-order valence-electron chi connectivity index (χ2n) is 6.82. The van der Waals surface area contributed by atoms with E-state index >= 15 is 0 Å². The van der Waals surface area contributed by atoms with Crippen LogP contribution in [0.4, 0.5) is 5.69 Å². The predicted octanol–water partition coefficient (Wildman–Crippen LogP) is 1.39. The SMILES string of the molecule is COc1cccc(N(C(=O)C=O)[C@H]2C/C=C\C[C@@H]3CC[C@@H](C(=O)O)N3C2=O)c1. The zero-order valence-electron chi connectivity index (χ0n) is 15.5. The molecule has 0 aliphatic carbocycles. The molecule has 28 heavy (non-hydrogen) atoms. The molecule has 0 unspecified atom stereocenters. The van der Waals surface area contributed by atoms with Crippen LogP contribution in [0.1, 0.15) is 25.7 Å². The van der Waals surface area contributed by atoms with Crippen molar-refractivity contribution in [3.05, 3.63) is 36.4 Å². The van der Waals surface area contributed by atoms with Crippen molar-refractivity contribution >= 4 is 29.8 Å². The van der Waals surface area contributed by atoms with Gasteiger partial charge in [-0.15, -0.1) is 0 Å². The van der Waals surface area contributed by atoms with Crippen LogP contribution in [-0.2, 0) is 19.2 Å². The van der Waals surface area contributed by atoms with E-state index in [4.69, 9.17) is 4.74 Å². The third-order valence-electron chi connectivity index (χ3n) is 5.24. The van der Waals surface area contributed by atoms with E-state index in [1.54, 1.807) is 30.3 Å². The lowest BCUT2D eigenvalue weighted by Crippen LogP contribution is -2.56. The number of hydrogen-bond donors (Lipinski definition) is 1. The summed E-state index contributed by atoms with van der Waals surface area (Å²) in [5.41, 5.74) is 0.339. The summed E-state index contributed by atoms with van der Waals surface area (Å²) in [5.74, 6) is -1.92. The fourth-order valence-corrected chi connectivity index (χ4v) is 3.94. The standard InChI is InChI=1S/C20H22N2O6/c1-28-15-7-4-6-14(11-15)21(18(24)12-23)16-8-3-2-5-13-9-10-17(20(26)27)22(13)19(16)25/h2-4,6-7,11-13,16-17H,5,8-10H2,1H3,(H,26,27)/b3-2-/t13-,16+,17+/m1/s1. The summed E-state index contributed by atoms with van der Waals surface area (Å²) in [4.78, 5) is 51.3. The van der Waals surface area contributed by atoms with Gasteiger partial charge in [0.05, 0.1) is 7.11 Å². The third-order valence-corrected chi connectivity index (χ3v) is 5.24. The first-order chi connectivity index (χ1) is 13.5. The van der Waals surface area contributed by atoms with Crippen LogP contribution in [0.5, 0.6) is 5.75 Å². The normalized spacial score (nSPS) is 25.2. The van der Waals surface area contributed by atoms with Crippen LogP contribution in [0.3, 0.4) is 0 Å². The van der Waals surface area contributed by atoms with Crippen LogP contribution in [0.25, 0.3) is 0 Å². The van der Waals surface area contributed by atoms with Gasteiger partial charge in [0.25, 0.3) is 5.91 Å². The number of ether oxygens (including phenoxy) is 1. The number of amides is 2. The number of hydrogen-bond acceptors (Lipinski definition) is 5. The summed E-state index contributed by atoms with van der Waals surface area (Å²) in [6.07, 6.45) is 5.57. The minimum Gasteiger partial charge on any atom is -0.497 e. The molecule has 2 aliphatic rings. The minimum atomic E-state index is -1.06. The minimum absolute atomic E-state index is 0.158. The number of fused-ring (bicyclic) bond motifs is 1. The average molecular weight is 386 g/mol. The van der Waals surface area contributed by atoms with Crippen molar-refractivity contribution in [1.29, 1.82) is 0 Å². The van der Waals surface area contributed by atoms with E-state index in [1.807, 2.05) is 6.08 Å². The van der Waals surface area contributed by atoms with Gasteiger partial charge in [0, 0.05) is 17.8 Å². The molecule has 8 heteroatoms. The molecule has 1 aromatic rings. The number of methoxy groups -OCH3 is 1. The maximum Gasteiger partial charge on any atom is 0.326 e. The molecular formula is C20H22N2O6. The second-order valence-corrected chi connectivity index (χ2v) is 6.82. The van der Waals surface area contributed by atoms with Crippen molar-refractivity contribution in [3.8, 4) is 5.75 Å². The highest BCUT2D eigenvalue weighted by Crippen LogP contribution is 2.32. The van der Waals surface area contributed by atoms with Gasteiger partial charge in [-0.1, -0.05) is 18.2 Å². The van der Waals surface area contributed by atoms with Gasteiger partial charge in [-0.05, 0) is 37.8 Å². The largest absolute Gasteiger partial charge is 0.497 e. The maximum atomic E-state index is 13.4. The molecule has 0 radical (unpaired) electrons. The number of aliphatic carboxylic acids is 1. The first-order valence-corrected chi connectivity index (χ1v) is 9.10. The Labute approximate surface area is 162 Å². The van der Waals surface area contributed by atoms with E-state index in [0.29, 0.717) is 30.7 Å². The van der Waals surface area contributed by atoms with E-state index < -0.39 is 29.9 Å². The molecule has 0 spiro atoms. The molecular weight excluding hydrogens is 364 g/mol. The third kappa shape index (κ3) is 3.62. The van der Waals surface area contributed by atoms with Crippen molar-refractivity contribution in [2.45, 2.75) is 43.8 Å².